The number of nitrogens with zero attached hydrogens (tertiary/aromatic N) is 2. The van der Waals surface area contributed by atoms with Crippen molar-refractivity contribution in [2.45, 2.75) is 13.8 Å². The number of aryl methyl sites for hydroxylation is 2. The molecule has 1 heterocycles. The third-order valence-electron chi connectivity index (χ3n) is 2.90. The highest BCUT2D eigenvalue weighted by atomic mass is 16.6. The Morgan fingerprint density at radius 1 is 1.29 bits per heavy atom. The fraction of sp³-hybridized carbons (Fsp3) is 0.182. The van der Waals surface area contributed by atoms with E-state index in [0.29, 0.717) is 10.9 Å². The fourth-order valence-corrected chi connectivity index (χ4v) is 1.87. The minimum Gasteiger partial charge on any atom is -0.392 e. The highest BCUT2D eigenvalue weighted by Crippen LogP contribution is 2.36. The summed E-state index contributed by atoms with van der Waals surface area (Å²) in [6.45, 7) is 3.77. The number of rotatable bonds is 1. The van der Waals surface area contributed by atoms with Crippen molar-refractivity contribution in [2.75, 3.05) is 11.5 Å². The summed E-state index contributed by atoms with van der Waals surface area (Å²) in [5.74, 6) is -0.150. The van der Waals surface area contributed by atoms with E-state index in [1.165, 1.54) is 0 Å². The molecule has 2 rings (SSSR count). The molecule has 0 spiro atoms. The van der Waals surface area contributed by atoms with Crippen LogP contribution in [0.25, 0.3) is 10.9 Å². The molecule has 0 unspecified atom stereocenters. The highest BCUT2D eigenvalue weighted by molar-refractivity contribution is 6.00. The minimum atomic E-state index is -0.598. The van der Waals surface area contributed by atoms with Crippen molar-refractivity contribution >= 4 is 28.1 Å². The lowest BCUT2D eigenvalue weighted by Crippen LogP contribution is -2.05. The molecular formula is C11H12N4O2. The second-order valence-electron chi connectivity index (χ2n) is 3.92. The van der Waals surface area contributed by atoms with Crippen LogP contribution in [-0.2, 0) is 0 Å². The van der Waals surface area contributed by atoms with Crippen LogP contribution in [0.3, 0.4) is 0 Å². The number of hydrogen-bond acceptors (Lipinski definition) is 5. The quantitative estimate of drug-likeness (QED) is 0.576. The summed E-state index contributed by atoms with van der Waals surface area (Å²) in [7, 11) is 0. The van der Waals surface area contributed by atoms with E-state index < -0.39 is 4.92 Å². The SMILES string of the molecule is Cc1ccc2nc(N)c([N+](=O)[O-])c(N)c2c1C. The molecule has 1 aromatic heterocycles. The Morgan fingerprint density at radius 3 is 2.53 bits per heavy atom. The van der Waals surface area contributed by atoms with Crippen LogP contribution in [0.4, 0.5) is 17.2 Å². The molecule has 0 aliphatic rings. The zero-order chi connectivity index (χ0) is 12.7. The van der Waals surface area contributed by atoms with Crippen molar-refractivity contribution < 1.29 is 4.92 Å². The first kappa shape index (κ1) is 11.1. The number of fused-ring (bicyclic) bond motifs is 1. The van der Waals surface area contributed by atoms with Crippen LogP contribution in [0.5, 0.6) is 0 Å². The summed E-state index contributed by atoms with van der Waals surface area (Å²) in [6.07, 6.45) is 0. The van der Waals surface area contributed by atoms with Crippen molar-refractivity contribution in [1.29, 1.82) is 0 Å². The summed E-state index contributed by atoms with van der Waals surface area (Å²) < 4.78 is 0. The van der Waals surface area contributed by atoms with Crippen molar-refractivity contribution in [3.05, 3.63) is 33.4 Å². The molecule has 0 radical (unpaired) electrons. The molecule has 0 atom stereocenters. The maximum atomic E-state index is 10.9. The molecular weight excluding hydrogens is 220 g/mol. The maximum absolute atomic E-state index is 10.9. The van der Waals surface area contributed by atoms with Gasteiger partial charge in [0, 0.05) is 5.39 Å². The number of benzene rings is 1. The number of nitrogen functional groups attached to an aromatic ring is 2. The lowest BCUT2D eigenvalue weighted by atomic mass is 10.0. The maximum Gasteiger partial charge on any atom is 0.334 e. The van der Waals surface area contributed by atoms with Crippen LogP contribution in [0.15, 0.2) is 12.1 Å². The average Bonchev–Trinajstić information content (AvgIpc) is 2.22. The number of pyridine rings is 1. The van der Waals surface area contributed by atoms with Gasteiger partial charge in [-0.2, -0.15) is 0 Å². The molecule has 0 saturated heterocycles. The van der Waals surface area contributed by atoms with Crippen LogP contribution in [-0.4, -0.2) is 9.91 Å². The summed E-state index contributed by atoms with van der Waals surface area (Å²) in [5, 5.41) is 11.5. The van der Waals surface area contributed by atoms with Gasteiger partial charge < -0.3 is 11.5 Å². The number of nitrogens with two attached hydrogens (primary N) is 2. The van der Waals surface area contributed by atoms with Gasteiger partial charge in [0.2, 0.25) is 5.82 Å². The molecule has 6 heteroatoms. The van der Waals surface area contributed by atoms with E-state index in [4.69, 9.17) is 11.5 Å². The Morgan fingerprint density at radius 2 is 1.94 bits per heavy atom. The van der Waals surface area contributed by atoms with E-state index in [1.54, 1.807) is 6.07 Å². The molecule has 1 aromatic carbocycles. The molecule has 88 valence electrons. The molecule has 0 bridgehead atoms. The second-order valence-corrected chi connectivity index (χ2v) is 3.92. The summed E-state index contributed by atoms with van der Waals surface area (Å²) >= 11 is 0. The van der Waals surface area contributed by atoms with Crippen molar-refractivity contribution in [3.63, 3.8) is 0 Å². The van der Waals surface area contributed by atoms with Crippen LogP contribution >= 0.6 is 0 Å². The summed E-state index contributed by atoms with van der Waals surface area (Å²) in [5.41, 5.74) is 13.6. The monoisotopic (exact) mass is 232 g/mol. The zero-order valence-electron chi connectivity index (χ0n) is 9.52. The first-order valence-corrected chi connectivity index (χ1v) is 5.02. The predicted molar refractivity (Wildman–Crippen MR) is 66.7 cm³/mol. The van der Waals surface area contributed by atoms with Gasteiger partial charge >= 0.3 is 5.69 Å². The van der Waals surface area contributed by atoms with Crippen LogP contribution in [0, 0.1) is 24.0 Å². The third kappa shape index (κ3) is 1.54. The first-order valence-electron chi connectivity index (χ1n) is 5.02. The Hall–Kier alpha value is -2.37. The van der Waals surface area contributed by atoms with Gasteiger partial charge in [0.15, 0.2) is 0 Å². The Balaban J connectivity index is 2.99. The van der Waals surface area contributed by atoms with Gasteiger partial charge in [0.05, 0.1) is 10.4 Å². The van der Waals surface area contributed by atoms with E-state index in [0.717, 1.165) is 11.1 Å². The Bertz CT molecular complexity index is 637. The van der Waals surface area contributed by atoms with Crippen molar-refractivity contribution in [3.8, 4) is 0 Å². The Labute approximate surface area is 97.4 Å². The van der Waals surface area contributed by atoms with Gasteiger partial charge in [-0.3, -0.25) is 10.1 Å². The molecule has 0 aliphatic carbocycles. The lowest BCUT2D eigenvalue weighted by Gasteiger charge is -2.09. The number of anilines is 2. The van der Waals surface area contributed by atoms with Crippen LogP contribution < -0.4 is 11.5 Å². The topological polar surface area (TPSA) is 108 Å². The Kier molecular flexibility index (Phi) is 2.35. The average molecular weight is 232 g/mol. The van der Waals surface area contributed by atoms with Gasteiger partial charge in [-0.05, 0) is 31.0 Å². The van der Waals surface area contributed by atoms with Crippen molar-refractivity contribution in [2.24, 2.45) is 0 Å². The molecule has 4 N–H and O–H groups in total. The van der Waals surface area contributed by atoms with Gasteiger partial charge in [-0.25, -0.2) is 4.98 Å². The van der Waals surface area contributed by atoms with Crippen LogP contribution in [0.2, 0.25) is 0 Å². The largest absolute Gasteiger partial charge is 0.392 e. The second kappa shape index (κ2) is 3.58. The van der Waals surface area contributed by atoms with Crippen LogP contribution in [0.1, 0.15) is 11.1 Å². The predicted octanol–water partition coefficient (Wildman–Crippen LogP) is 1.92. The molecule has 0 amide bonds. The third-order valence-corrected chi connectivity index (χ3v) is 2.90. The van der Waals surface area contributed by atoms with Gasteiger partial charge in [0.25, 0.3) is 0 Å². The zero-order valence-corrected chi connectivity index (χ0v) is 9.52. The molecule has 2 aromatic rings. The normalized spacial score (nSPS) is 10.7. The van der Waals surface area contributed by atoms with E-state index >= 15 is 0 Å². The van der Waals surface area contributed by atoms with E-state index in [2.05, 4.69) is 4.98 Å². The van der Waals surface area contributed by atoms with Gasteiger partial charge in [-0.1, -0.05) is 6.07 Å². The van der Waals surface area contributed by atoms with Gasteiger partial charge in [0.1, 0.15) is 5.69 Å². The van der Waals surface area contributed by atoms with Gasteiger partial charge in [-0.15, -0.1) is 0 Å². The first-order chi connectivity index (χ1) is 7.93. The minimum absolute atomic E-state index is 0.0821. The highest BCUT2D eigenvalue weighted by Gasteiger charge is 2.22. The van der Waals surface area contributed by atoms with Crippen molar-refractivity contribution in [1.82, 2.24) is 4.98 Å². The van der Waals surface area contributed by atoms with E-state index in [9.17, 15) is 10.1 Å². The molecule has 6 nitrogen and oxygen atoms in total. The summed E-state index contributed by atoms with van der Waals surface area (Å²) in [6, 6.07) is 3.64. The molecule has 0 fully saturated rings. The number of hydrogen-bond donors (Lipinski definition) is 2. The van der Waals surface area contributed by atoms with E-state index in [1.807, 2.05) is 19.9 Å². The number of nitro groups is 1. The molecule has 0 saturated carbocycles. The standard InChI is InChI=1S/C11H12N4O2/c1-5-3-4-7-8(6(5)2)9(12)10(15(16)17)11(13)14-7/h3-4H,1-2H3,(H4,12,13,14). The fourth-order valence-electron chi connectivity index (χ4n) is 1.87. The number of aromatic nitrogens is 1. The smallest absolute Gasteiger partial charge is 0.334 e. The lowest BCUT2D eigenvalue weighted by molar-refractivity contribution is -0.383. The molecule has 0 aliphatic heterocycles. The molecule has 17 heavy (non-hydrogen) atoms. The van der Waals surface area contributed by atoms with E-state index in [-0.39, 0.29) is 17.2 Å². The summed E-state index contributed by atoms with van der Waals surface area (Å²) in [4.78, 5) is 14.3.